The van der Waals surface area contributed by atoms with Crippen LogP contribution in [0.2, 0.25) is 0 Å². The van der Waals surface area contributed by atoms with Gasteiger partial charge in [0.1, 0.15) is 5.82 Å². The van der Waals surface area contributed by atoms with Gasteiger partial charge < -0.3 is 5.32 Å². The summed E-state index contributed by atoms with van der Waals surface area (Å²) < 4.78 is 0. The van der Waals surface area contributed by atoms with E-state index in [1.54, 1.807) is 0 Å². The molecule has 1 saturated carbocycles. The van der Waals surface area contributed by atoms with E-state index in [-0.39, 0.29) is 0 Å². The standard InChI is InChI=1S/C15H17ClN2/c16-10-9-15(7-8-15)11-17-14-6-5-12-3-1-2-4-13(12)18-14/h1-6H,7-11H2,(H,17,18). The van der Waals surface area contributed by atoms with E-state index in [2.05, 4.69) is 28.5 Å². The van der Waals surface area contributed by atoms with Crippen LogP contribution in [0.25, 0.3) is 10.9 Å². The molecule has 0 bridgehead atoms. The number of para-hydroxylation sites is 1. The number of benzene rings is 1. The minimum absolute atomic E-state index is 0.440. The van der Waals surface area contributed by atoms with Gasteiger partial charge in [-0.1, -0.05) is 18.2 Å². The highest BCUT2D eigenvalue weighted by molar-refractivity contribution is 6.17. The number of halogens is 1. The topological polar surface area (TPSA) is 24.9 Å². The molecule has 1 aliphatic rings. The minimum atomic E-state index is 0.440. The van der Waals surface area contributed by atoms with E-state index in [0.29, 0.717) is 5.41 Å². The molecule has 2 aromatic rings. The Morgan fingerprint density at radius 3 is 2.78 bits per heavy atom. The Kier molecular flexibility index (Phi) is 3.13. The summed E-state index contributed by atoms with van der Waals surface area (Å²) in [5, 5.41) is 4.64. The molecule has 94 valence electrons. The van der Waals surface area contributed by atoms with Crippen molar-refractivity contribution in [2.45, 2.75) is 19.3 Å². The summed E-state index contributed by atoms with van der Waals surface area (Å²) in [7, 11) is 0. The lowest BCUT2D eigenvalue weighted by Gasteiger charge is -2.15. The van der Waals surface area contributed by atoms with Gasteiger partial charge in [0.25, 0.3) is 0 Å². The summed E-state index contributed by atoms with van der Waals surface area (Å²) >= 11 is 5.84. The molecule has 0 atom stereocenters. The first kappa shape index (κ1) is 11.8. The van der Waals surface area contributed by atoms with Gasteiger partial charge in [-0.3, -0.25) is 0 Å². The molecular formula is C15H17ClN2. The molecule has 0 aliphatic heterocycles. The van der Waals surface area contributed by atoms with Crippen LogP contribution < -0.4 is 5.32 Å². The Hall–Kier alpha value is -1.28. The highest BCUT2D eigenvalue weighted by Crippen LogP contribution is 2.48. The van der Waals surface area contributed by atoms with Crippen LogP contribution in [0.3, 0.4) is 0 Å². The van der Waals surface area contributed by atoms with Crippen molar-refractivity contribution in [3.8, 4) is 0 Å². The van der Waals surface area contributed by atoms with Gasteiger partial charge in [-0.25, -0.2) is 4.98 Å². The van der Waals surface area contributed by atoms with E-state index in [9.17, 15) is 0 Å². The van der Waals surface area contributed by atoms with Crippen LogP contribution in [0.15, 0.2) is 36.4 Å². The number of fused-ring (bicyclic) bond motifs is 1. The van der Waals surface area contributed by atoms with Crippen molar-refractivity contribution < 1.29 is 0 Å². The molecule has 1 aliphatic carbocycles. The quantitative estimate of drug-likeness (QED) is 0.821. The molecule has 1 aromatic heterocycles. The van der Waals surface area contributed by atoms with E-state index in [0.717, 1.165) is 30.2 Å². The third kappa shape index (κ3) is 2.44. The molecule has 0 radical (unpaired) electrons. The van der Waals surface area contributed by atoms with Gasteiger partial charge in [0.15, 0.2) is 0 Å². The lowest BCUT2D eigenvalue weighted by molar-refractivity contribution is 0.524. The highest BCUT2D eigenvalue weighted by atomic mass is 35.5. The molecule has 1 aromatic carbocycles. The second-order valence-corrected chi connectivity index (χ2v) is 5.56. The van der Waals surface area contributed by atoms with Crippen molar-refractivity contribution in [2.75, 3.05) is 17.7 Å². The molecule has 1 fully saturated rings. The molecule has 18 heavy (non-hydrogen) atoms. The Bertz CT molecular complexity index is 549. The van der Waals surface area contributed by atoms with Crippen LogP contribution in [0, 0.1) is 5.41 Å². The summed E-state index contributed by atoms with van der Waals surface area (Å²) in [6, 6.07) is 12.4. The molecule has 3 rings (SSSR count). The van der Waals surface area contributed by atoms with Crippen molar-refractivity contribution >= 4 is 28.3 Å². The molecule has 0 saturated heterocycles. The van der Waals surface area contributed by atoms with Gasteiger partial charge in [0, 0.05) is 17.8 Å². The maximum Gasteiger partial charge on any atom is 0.126 e. The fourth-order valence-corrected chi connectivity index (χ4v) is 2.74. The van der Waals surface area contributed by atoms with Crippen LogP contribution >= 0.6 is 11.6 Å². The third-order valence-corrected chi connectivity index (χ3v) is 4.01. The number of nitrogens with one attached hydrogen (secondary N) is 1. The maximum absolute atomic E-state index is 5.84. The molecule has 0 amide bonds. The smallest absolute Gasteiger partial charge is 0.126 e. The second kappa shape index (κ2) is 4.77. The summed E-state index contributed by atoms with van der Waals surface area (Å²) in [5.41, 5.74) is 1.49. The second-order valence-electron chi connectivity index (χ2n) is 5.18. The Morgan fingerprint density at radius 1 is 1.17 bits per heavy atom. The van der Waals surface area contributed by atoms with Crippen molar-refractivity contribution in [3.63, 3.8) is 0 Å². The zero-order valence-electron chi connectivity index (χ0n) is 10.3. The lowest BCUT2D eigenvalue weighted by atomic mass is 10.0. The number of nitrogens with zero attached hydrogens (tertiary/aromatic N) is 1. The van der Waals surface area contributed by atoms with Gasteiger partial charge in [-0.2, -0.15) is 0 Å². The fourth-order valence-electron chi connectivity index (χ4n) is 2.33. The molecule has 0 unspecified atom stereocenters. The number of anilines is 1. The Morgan fingerprint density at radius 2 is 2.00 bits per heavy atom. The van der Waals surface area contributed by atoms with Crippen molar-refractivity contribution in [1.82, 2.24) is 4.98 Å². The predicted molar refractivity (Wildman–Crippen MR) is 77.2 cm³/mol. The fraction of sp³-hybridized carbons (Fsp3) is 0.400. The van der Waals surface area contributed by atoms with Gasteiger partial charge >= 0.3 is 0 Å². The Labute approximate surface area is 112 Å². The third-order valence-electron chi connectivity index (χ3n) is 3.82. The average molecular weight is 261 g/mol. The number of aromatic nitrogens is 1. The first-order valence-electron chi connectivity index (χ1n) is 6.47. The number of alkyl halides is 1. The molecule has 3 heteroatoms. The van der Waals surface area contributed by atoms with Gasteiger partial charge in [0.05, 0.1) is 5.52 Å². The average Bonchev–Trinajstić information content (AvgIpc) is 3.17. The Balaban J connectivity index is 1.71. The van der Waals surface area contributed by atoms with Crippen LogP contribution in [0.4, 0.5) is 5.82 Å². The van der Waals surface area contributed by atoms with E-state index in [1.807, 2.05) is 18.2 Å². The van der Waals surface area contributed by atoms with Crippen molar-refractivity contribution in [3.05, 3.63) is 36.4 Å². The monoisotopic (exact) mass is 260 g/mol. The van der Waals surface area contributed by atoms with E-state index in [1.165, 1.54) is 18.2 Å². The number of hydrogen-bond acceptors (Lipinski definition) is 2. The van der Waals surface area contributed by atoms with Crippen LogP contribution in [-0.4, -0.2) is 17.4 Å². The van der Waals surface area contributed by atoms with Crippen LogP contribution in [-0.2, 0) is 0 Å². The van der Waals surface area contributed by atoms with Gasteiger partial charge in [0.2, 0.25) is 0 Å². The van der Waals surface area contributed by atoms with E-state index < -0.39 is 0 Å². The van der Waals surface area contributed by atoms with Gasteiger partial charge in [-0.15, -0.1) is 11.6 Å². The maximum atomic E-state index is 5.84. The van der Waals surface area contributed by atoms with Crippen LogP contribution in [0.1, 0.15) is 19.3 Å². The summed E-state index contributed by atoms with van der Waals surface area (Å²) in [5.74, 6) is 1.72. The number of hydrogen-bond donors (Lipinski definition) is 1. The molecule has 2 nitrogen and oxygen atoms in total. The van der Waals surface area contributed by atoms with Gasteiger partial charge in [-0.05, 0) is 42.9 Å². The highest BCUT2D eigenvalue weighted by Gasteiger charge is 2.41. The predicted octanol–water partition coefficient (Wildman–Crippen LogP) is 4.06. The minimum Gasteiger partial charge on any atom is -0.369 e. The zero-order chi connectivity index (χ0) is 12.4. The first-order valence-corrected chi connectivity index (χ1v) is 7.00. The SMILES string of the molecule is ClCCC1(CNc2ccc3ccccc3n2)CC1. The normalized spacial score (nSPS) is 16.7. The summed E-state index contributed by atoms with van der Waals surface area (Å²) in [6.45, 7) is 0.991. The summed E-state index contributed by atoms with van der Waals surface area (Å²) in [4.78, 5) is 4.62. The van der Waals surface area contributed by atoms with Crippen molar-refractivity contribution in [2.24, 2.45) is 5.41 Å². The summed E-state index contributed by atoms with van der Waals surface area (Å²) in [6.07, 6.45) is 3.69. The molecular weight excluding hydrogens is 244 g/mol. The number of rotatable bonds is 5. The number of pyridine rings is 1. The van der Waals surface area contributed by atoms with Crippen molar-refractivity contribution in [1.29, 1.82) is 0 Å². The lowest BCUT2D eigenvalue weighted by Crippen LogP contribution is -2.16. The largest absolute Gasteiger partial charge is 0.369 e. The molecule has 0 spiro atoms. The molecule has 1 heterocycles. The zero-order valence-corrected chi connectivity index (χ0v) is 11.1. The van der Waals surface area contributed by atoms with E-state index in [4.69, 9.17) is 11.6 Å². The van der Waals surface area contributed by atoms with E-state index >= 15 is 0 Å². The van der Waals surface area contributed by atoms with Crippen LogP contribution in [0.5, 0.6) is 0 Å². The molecule has 1 N–H and O–H groups in total. The first-order chi connectivity index (χ1) is 8.81.